The maximum Gasteiger partial charge on any atom is 0.265 e. The minimum Gasteiger partial charge on any atom is -0.487 e. The molecule has 2 aromatic heterocycles. The van der Waals surface area contributed by atoms with Crippen molar-refractivity contribution in [3.63, 3.8) is 0 Å². The Kier molecular flexibility index (Phi) is 6.17. The zero-order valence-corrected chi connectivity index (χ0v) is 17.8. The van der Waals surface area contributed by atoms with Crippen molar-refractivity contribution in [2.45, 2.75) is 26.6 Å². The highest BCUT2D eigenvalue weighted by molar-refractivity contribution is 5.94. The van der Waals surface area contributed by atoms with Crippen molar-refractivity contribution < 1.29 is 14.3 Å². The predicted molar refractivity (Wildman–Crippen MR) is 122 cm³/mol. The number of aromatic nitrogens is 2. The monoisotopic (exact) mass is 429 g/mol. The first-order chi connectivity index (χ1) is 15.5. The molecule has 4 rings (SSSR count). The van der Waals surface area contributed by atoms with Crippen molar-refractivity contribution in [1.29, 1.82) is 0 Å². The van der Waals surface area contributed by atoms with E-state index < -0.39 is 6.10 Å². The molecule has 0 radical (unpaired) electrons. The highest BCUT2D eigenvalue weighted by Crippen LogP contribution is 2.18. The maximum atomic E-state index is 12.4. The Morgan fingerprint density at radius 3 is 2.53 bits per heavy atom. The summed E-state index contributed by atoms with van der Waals surface area (Å²) in [6, 6.07) is 21.4. The summed E-state index contributed by atoms with van der Waals surface area (Å²) in [5.41, 5.74) is 2.56. The van der Waals surface area contributed by atoms with Gasteiger partial charge in [-0.1, -0.05) is 24.3 Å². The average Bonchev–Trinajstić information content (AvgIpc) is 2.80. The molecule has 4 aromatic rings. The van der Waals surface area contributed by atoms with E-state index >= 15 is 0 Å². The lowest BCUT2D eigenvalue weighted by molar-refractivity contribution is -0.122. The second-order valence-electron chi connectivity index (χ2n) is 7.35. The average molecular weight is 429 g/mol. The van der Waals surface area contributed by atoms with Crippen LogP contribution in [-0.4, -0.2) is 21.4 Å². The van der Waals surface area contributed by atoms with Crippen molar-refractivity contribution in [3.8, 4) is 11.5 Å². The zero-order chi connectivity index (χ0) is 22.5. The summed E-state index contributed by atoms with van der Waals surface area (Å²) >= 11 is 0. The van der Waals surface area contributed by atoms with Gasteiger partial charge in [0.05, 0.1) is 5.69 Å². The molecule has 0 aliphatic rings. The van der Waals surface area contributed by atoms with Crippen LogP contribution in [0.5, 0.6) is 11.5 Å². The molecule has 0 fully saturated rings. The molecule has 7 heteroatoms. The molecule has 1 atom stereocenters. The van der Waals surface area contributed by atoms with Gasteiger partial charge in [-0.15, -0.1) is 0 Å². The number of nitrogens with zero attached hydrogens (tertiary/aromatic N) is 2. The summed E-state index contributed by atoms with van der Waals surface area (Å²) in [7, 11) is 0. The molecule has 1 N–H and O–H groups in total. The van der Waals surface area contributed by atoms with Crippen LogP contribution in [0.25, 0.3) is 5.65 Å². The topological polar surface area (TPSA) is 81.9 Å². The molecular weight excluding hydrogens is 406 g/mol. The number of rotatable bonds is 7. The molecule has 0 aliphatic carbocycles. The lowest BCUT2D eigenvalue weighted by Crippen LogP contribution is -2.30. The number of anilines is 1. The van der Waals surface area contributed by atoms with E-state index in [2.05, 4.69) is 10.3 Å². The van der Waals surface area contributed by atoms with Crippen LogP contribution in [0.2, 0.25) is 0 Å². The van der Waals surface area contributed by atoms with E-state index in [9.17, 15) is 9.59 Å². The van der Waals surface area contributed by atoms with E-state index in [1.807, 2.05) is 37.3 Å². The minimum atomic E-state index is -0.644. The normalized spacial score (nSPS) is 11.7. The molecule has 0 saturated heterocycles. The number of aryl methyl sites for hydroxylation is 1. The van der Waals surface area contributed by atoms with Gasteiger partial charge in [0.1, 0.15) is 23.8 Å². The summed E-state index contributed by atoms with van der Waals surface area (Å²) < 4.78 is 12.9. The molecule has 2 heterocycles. The molecule has 2 aromatic carbocycles. The van der Waals surface area contributed by atoms with Crippen LogP contribution in [0.1, 0.15) is 18.2 Å². The highest BCUT2D eigenvalue weighted by Gasteiger charge is 2.15. The molecule has 7 nitrogen and oxygen atoms in total. The fourth-order valence-corrected chi connectivity index (χ4v) is 3.18. The van der Waals surface area contributed by atoms with Crippen molar-refractivity contribution in [2.24, 2.45) is 0 Å². The van der Waals surface area contributed by atoms with Crippen LogP contribution in [0.4, 0.5) is 5.69 Å². The first-order valence-corrected chi connectivity index (χ1v) is 10.2. The van der Waals surface area contributed by atoms with Crippen molar-refractivity contribution in [1.82, 2.24) is 9.38 Å². The molecule has 32 heavy (non-hydrogen) atoms. The minimum absolute atomic E-state index is 0.151. The van der Waals surface area contributed by atoms with Gasteiger partial charge in [-0.25, -0.2) is 4.98 Å². The van der Waals surface area contributed by atoms with Crippen LogP contribution < -0.4 is 20.3 Å². The number of hydrogen-bond donors (Lipinski definition) is 1. The van der Waals surface area contributed by atoms with Gasteiger partial charge < -0.3 is 14.8 Å². The smallest absolute Gasteiger partial charge is 0.265 e. The summed E-state index contributed by atoms with van der Waals surface area (Å²) in [4.78, 5) is 29.2. The Balaban J connectivity index is 1.36. The number of para-hydroxylation sites is 1. The predicted octanol–water partition coefficient (Wildman–Crippen LogP) is 3.99. The number of carbonyl (C=O) groups excluding carboxylic acids is 1. The van der Waals surface area contributed by atoms with Crippen LogP contribution in [-0.2, 0) is 11.4 Å². The summed E-state index contributed by atoms with van der Waals surface area (Å²) in [6.07, 6.45) is 1.05. The number of nitrogens with one attached hydrogen (secondary N) is 1. The van der Waals surface area contributed by atoms with Gasteiger partial charge in [0.2, 0.25) is 0 Å². The molecule has 162 valence electrons. The molecular formula is C25H23N3O4. The summed E-state index contributed by atoms with van der Waals surface area (Å²) in [5.74, 6) is 0.984. The highest BCUT2D eigenvalue weighted by atomic mass is 16.5. The second-order valence-corrected chi connectivity index (χ2v) is 7.35. The van der Waals surface area contributed by atoms with Gasteiger partial charge in [0.15, 0.2) is 6.10 Å². The van der Waals surface area contributed by atoms with E-state index in [1.165, 1.54) is 10.5 Å². The van der Waals surface area contributed by atoms with Gasteiger partial charge in [-0.2, -0.15) is 0 Å². The number of ether oxygens (including phenoxy) is 2. The molecule has 0 bridgehead atoms. The van der Waals surface area contributed by atoms with E-state index in [4.69, 9.17) is 9.47 Å². The Morgan fingerprint density at radius 1 is 1.03 bits per heavy atom. The zero-order valence-electron chi connectivity index (χ0n) is 17.8. The molecule has 0 spiro atoms. The first-order valence-electron chi connectivity index (χ1n) is 10.2. The SMILES string of the molecule is Cc1cccn2c(=O)cc(COc3ccc(NC(=O)C(C)Oc4ccccc4)cc3)nc12. The Morgan fingerprint density at radius 2 is 1.78 bits per heavy atom. The first kappa shape index (κ1) is 21.1. The summed E-state index contributed by atoms with van der Waals surface area (Å²) in [5, 5.41) is 2.82. The number of carbonyl (C=O) groups is 1. The molecule has 1 unspecified atom stereocenters. The van der Waals surface area contributed by atoms with Crippen molar-refractivity contribution in [3.05, 3.63) is 101 Å². The number of pyridine rings is 1. The second kappa shape index (κ2) is 9.34. The van der Waals surface area contributed by atoms with Crippen LogP contribution in [0.3, 0.4) is 0 Å². The molecule has 1 amide bonds. The van der Waals surface area contributed by atoms with E-state index in [0.717, 1.165) is 5.56 Å². The van der Waals surface area contributed by atoms with Gasteiger partial charge in [0, 0.05) is 18.0 Å². The largest absolute Gasteiger partial charge is 0.487 e. The van der Waals surface area contributed by atoms with Crippen molar-refractivity contribution >= 4 is 17.2 Å². The third-order valence-electron chi connectivity index (χ3n) is 4.87. The van der Waals surface area contributed by atoms with Gasteiger partial charge in [-0.3, -0.25) is 14.0 Å². The number of hydrogen-bond acceptors (Lipinski definition) is 5. The number of fused-ring (bicyclic) bond motifs is 1. The Labute approximate surface area is 185 Å². The lowest BCUT2D eigenvalue weighted by Gasteiger charge is -2.15. The standard InChI is InChI=1S/C25H23N3O4/c1-17-7-6-14-28-23(29)15-20(26-24(17)28)16-31-21-12-10-19(11-13-21)27-25(30)18(2)32-22-8-4-3-5-9-22/h3-15,18H,16H2,1-2H3,(H,27,30). The number of benzene rings is 2. The lowest BCUT2D eigenvalue weighted by atomic mass is 10.2. The van der Waals surface area contributed by atoms with Gasteiger partial charge in [-0.05, 0) is 61.9 Å². The van der Waals surface area contributed by atoms with E-state index in [1.54, 1.807) is 49.5 Å². The van der Waals surface area contributed by atoms with Gasteiger partial charge in [0.25, 0.3) is 11.5 Å². The fraction of sp³-hybridized carbons (Fsp3) is 0.160. The number of amides is 1. The Hall–Kier alpha value is -4.13. The van der Waals surface area contributed by atoms with Crippen LogP contribution in [0, 0.1) is 6.92 Å². The third-order valence-corrected chi connectivity index (χ3v) is 4.87. The quantitative estimate of drug-likeness (QED) is 0.480. The van der Waals surface area contributed by atoms with E-state index in [0.29, 0.717) is 28.5 Å². The Bertz CT molecular complexity index is 1280. The van der Waals surface area contributed by atoms with Gasteiger partial charge >= 0.3 is 0 Å². The van der Waals surface area contributed by atoms with Crippen LogP contribution in [0.15, 0.2) is 83.8 Å². The fourth-order valence-electron chi connectivity index (χ4n) is 3.18. The summed E-state index contributed by atoms with van der Waals surface area (Å²) in [6.45, 7) is 3.76. The maximum absolute atomic E-state index is 12.4. The molecule has 0 aliphatic heterocycles. The van der Waals surface area contributed by atoms with Crippen molar-refractivity contribution in [2.75, 3.05) is 5.32 Å². The van der Waals surface area contributed by atoms with E-state index in [-0.39, 0.29) is 18.1 Å². The third kappa shape index (κ3) is 4.95. The van der Waals surface area contributed by atoms with Crippen LogP contribution >= 0.6 is 0 Å². The molecule has 0 saturated carbocycles.